The van der Waals surface area contributed by atoms with Gasteiger partial charge in [0.2, 0.25) is 15.9 Å². The fraction of sp³-hybridized carbons (Fsp3) is 0.350. The first kappa shape index (κ1) is 20.8. The molecule has 2 aromatic carbocycles. The summed E-state index contributed by atoms with van der Waals surface area (Å²) in [5.41, 5.74) is 1.46. The Balaban J connectivity index is 1.50. The molecule has 1 saturated heterocycles. The Labute approximate surface area is 169 Å². The molecule has 0 saturated carbocycles. The van der Waals surface area contributed by atoms with Gasteiger partial charge in [-0.2, -0.15) is 0 Å². The number of hydrogen-bond acceptors (Lipinski definition) is 3. The van der Waals surface area contributed by atoms with Gasteiger partial charge in [-0.05, 0) is 48.2 Å². The molecule has 0 aromatic heterocycles. The van der Waals surface area contributed by atoms with Crippen molar-refractivity contribution in [2.75, 3.05) is 13.1 Å². The summed E-state index contributed by atoms with van der Waals surface area (Å²) in [6.45, 7) is 0.960. The Hall–Kier alpha value is -1.96. The van der Waals surface area contributed by atoms with Crippen LogP contribution in [0.2, 0.25) is 5.02 Å². The Morgan fingerprint density at radius 2 is 1.79 bits per heavy atom. The van der Waals surface area contributed by atoms with Crippen LogP contribution in [0.4, 0.5) is 4.39 Å². The van der Waals surface area contributed by atoms with Gasteiger partial charge in [-0.15, -0.1) is 0 Å². The van der Waals surface area contributed by atoms with Gasteiger partial charge in [-0.25, -0.2) is 17.1 Å². The fourth-order valence-corrected chi connectivity index (χ4v) is 5.02. The minimum Gasteiger partial charge on any atom is -0.352 e. The van der Waals surface area contributed by atoms with Crippen molar-refractivity contribution in [1.29, 1.82) is 0 Å². The van der Waals surface area contributed by atoms with Gasteiger partial charge in [-0.1, -0.05) is 35.9 Å². The number of nitrogens with one attached hydrogen (secondary N) is 1. The molecule has 1 heterocycles. The number of amides is 1. The molecule has 8 heteroatoms. The normalized spacial score (nSPS) is 16.1. The molecule has 28 heavy (non-hydrogen) atoms. The predicted molar refractivity (Wildman–Crippen MR) is 107 cm³/mol. The van der Waals surface area contributed by atoms with Crippen molar-refractivity contribution in [2.24, 2.45) is 5.92 Å². The molecule has 0 spiro atoms. The minimum atomic E-state index is -3.45. The lowest BCUT2D eigenvalue weighted by molar-refractivity contribution is -0.126. The third-order valence-electron chi connectivity index (χ3n) is 4.84. The van der Waals surface area contributed by atoms with Gasteiger partial charge in [0.15, 0.2) is 0 Å². The van der Waals surface area contributed by atoms with Crippen LogP contribution in [0, 0.1) is 11.7 Å². The zero-order chi connectivity index (χ0) is 20.1. The molecular formula is C20H22ClFN2O3S. The molecule has 1 aliphatic heterocycles. The monoisotopic (exact) mass is 424 g/mol. The van der Waals surface area contributed by atoms with Crippen molar-refractivity contribution in [3.05, 3.63) is 70.5 Å². The van der Waals surface area contributed by atoms with Crippen molar-refractivity contribution >= 4 is 27.5 Å². The van der Waals surface area contributed by atoms with Gasteiger partial charge in [0.1, 0.15) is 5.82 Å². The van der Waals surface area contributed by atoms with Crippen molar-refractivity contribution in [3.8, 4) is 0 Å². The number of carbonyl (C=O) groups excluding carboxylic acids is 1. The van der Waals surface area contributed by atoms with Crippen LogP contribution in [-0.2, 0) is 27.1 Å². The number of nitrogens with zero attached hydrogens (tertiary/aromatic N) is 1. The van der Waals surface area contributed by atoms with Crippen LogP contribution >= 0.6 is 11.6 Å². The van der Waals surface area contributed by atoms with E-state index in [9.17, 15) is 17.6 Å². The van der Waals surface area contributed by atoms with Crippen LogP contribution in [0.1, 0.15) is 24.0 Å². The molecular weight excluding hydrogens is 403 g/mol. The van der Waals surface area contributed by atoms with Gasteiger partial charge in [0, 0.05) is 30.6 Å². The largest absolute Gasteiger partial charge is 0.352 e. The molecule has 1 amide bonds. The number of hydrogen-bond donors (Lipinski definition) is 1. The van der Waals surface area contributed by atoms with Crippen molar-refractivity contribution < 1.29 is 17.6 Å². The third-order valence-corrected chi connectivity index (χ3v) is 6.92. The number of carbonyl (C=O) groups is 1. The van der Waals surface area contributed by atoms with E-state index in [2.05, 4.69) is 5.32 Å². The summed E-state index contributed by atoms with van der Waals surface area (Å²) in [6, 6.07) is 12.8. The summed E-state index contributed by atoms with van der Waals surface area (Å²) in [5.74, 6) is -0.745. The van der Waals surface area contributed by atoms with Crippen LogP contribution in [0.3, 0.4) is 0 Å². The predicted octanol–water partition coefficient (Wildman–Crippen LogP) is 3.34. The minimum absolute atomic E-state index is 0.101. The first-order valence-electron chi connectivity index (χ1n) is 9.08. The number of benzene rings is 2. The van der Waals surface area contributed by atoms with E-state index in [0.29, 0.717) is 43.1 Å². The topological polar surface area (TPSA) is 66.5 Å². The lowest BCUT2D eigenvalue weighted by Crippen LogP contribution is -2.43. The average Bonchev–Trinajstić information content (AvgIpc) is 2.67. The summed E-state index contributed by atoms with van der Waals surface area (Å²) in [6.07, 6.45) is 0.952. The first-order valence-corrected chi connectivity index (χ1v) is 11.1. The molecule has 0 radical (unpaired) electrons. The van der Waals surface area contributed by atoms with E-state index in [1.165, 1.54) is 16.4 Å². The van der Waals surface area contributed by atoms with E-state index >= 15 is 0 Å². The number of piperidine rings is 1. The van der Waals surface area contributed by atoms with Crippen molar-refractivity contribution in [2.45, 2.75) is 25.1 Å². The van der Waals surface area contributed by atoms with E-state index in [0.717, 1.165) is 5.56 Å². The Morgan fingerprint density at radius 3 is 2.43 bits per heavy atom. The summed E-state index contributed by atoms with van der Waals surface area (Å²) >= 11 is 5.92. The maximum Gasteiger partial charge on any atom is 0.223 e. The van der Waals surface area contributed by atoms with Crippen LogP contribution < -0.4 is 5.32 Å². The molecule has 2 aromatic rings. The molecule has 1 N–H and O–H groups in total. The second-order valence-electron chi connectivity index (χ2n) is 6.90. The van der Waals surface area contributed by atoms with Gasteiger partial charge in [0.25, 0.3) is 0 Å². The second kappa shape index (κ2) is 9.03. The van der Waals surface area contributed by atoms with Gasteiger partial charge in [0.05, 0.1) is 5.75 Å². The van der Waals surface area contributed by atoms with Crippen LogP contribution in [0.25, 0.3) is 0 Å². The fourth-order valence-electron chi connectivity index (χ4n) is 3.26. The van der Waals surface area contributed by atoms with Crippen LogP contribution in [0.5, 0.6) is 0 Å². The smallest absolute Gasteiger partial charge is 0.223 e. The van der Waals surface area contributed by atoms with E-state index in [1.807, 2.05) is 0 Å². The highest BCUT2D eigenvalue weighted by atomic mass is 35.5. The standard InChI is InChI=1S/C20H22ClFN2O3S/c21-18-3-1-2-16(12-18)14-28(26,27)24-10-8-17(9-11-24)20(25)23-13-15-4-6-19(22)7-5-15/h1-7,12,17H,8-11,13-14H2,(H,23,25). The quantitative estimate of drug-likeness (QED) is 0.773. The molecule has 0 aliphatic carbocycles. The maximum absolute atomic E-state index is 12.9. The zero-order valence-corrected chi connectivity index (χ0v) is 16.8. The molecule has 150 valence electrons. The van der Waals surface area contributed by atoms with Crippen LogP contribution in [0.15, 0.2) is 48.5 Å². The third kappa shape index (κ3) is 5.53. The van der Waals surface area contributed by atoms with Crippen LogP contribution in [-0.4, -0.2) is 31.7 Å². The highest BCUT2D eigenvalue weighted by Crippen LogP contribution is 2.23. The molecule has 0 bridgehead atoms. The SMILES string of the molecule is O=C(NCc1ccc(F)cc1)C1CCN(S(=O)(=O)Cc2cccc(Cl)c2)CC1. The summed E-state index contributed by atoms with van der Waals surface area (Å²) < 4.78 is 39.6. The van der Waals surface area contributed by atoms with E-state index in [4.69, 9.17) is 11.6 Å². The van der Waals surface area contributed by atoms with Gasteiger partial charge in [-0.3, -0.25) is 4.79 Å². The molecule has 0 unspecified atom stereocenters. The van der Waals surface area contributed by atoms with E-state index < -0.39 is 10.0 Å². The maximum atomic E-state index is 12.9. The molecule has 0 atom stereocenters. The number of halogens is 2. The van der Waals surface area contributed by atoms with E-state index in [1.54, 1.807) is 36.4 Å². The molecule has 1 aliphatic rings. The molecule has 3 rings (SSSR count). The number of sulfonamides is 1. The number of rotatable bonds is 6. The summed E-state index contributed by atoms with van der Waals surface area (Å²) in [7, 11) is -3.45. The van der Waals surface area contributed by atoms with Gasteiger partial charge < -0.3 is 5.32 Å². The summed E-state index contributed by atoms with van der Waals surface area (Å²) in [5, 5.41) is 3.35. The summed E-state index contributed by atoms with van der Waals surface area (Å²) in [4.78, 5) is 12.4. The first-order chi connectivity index (χ1) is 13.3. The molecule has 1 fully saturated rings. The highest BCUT2D eigenvalue weighted by molar-refractivity contribution is 7.88. The average molecular weight is 425 g/mol. The van der Waals surface area contributed by atoms with Gasteiger partial charge >= 0.3 is 0 Å². The zero-order valence-electron chi connectivity index (χ0n) is 15.3. The lowest BCUT2D eigenvalue weighted by atomic mass is 9.97. The highest BCUT2D eigenvalue weighted by Gasteiger charge is 2.31. The Kier molecular flexibility index (Phi) is 6.69. The van der Waals surface area contributed by atoms with Crippen molar-refractivity contribution in [1.82, 2.24) is 9.62 Å². The van der Waals surface area contributed by atoms with Crippen molar-refractivity contribution in [3.63, 3.8) is 0 Å². The second-order valence-corrected chi connectivity index (χ2v) is 9.31. The lowest BCUT2D eigenvalue weighted by Gasteiger charge is -2.30. The van der Waals surface area contributed by atoms with E-state index in [-0.39, 0.29) is 23.4 Å². The Morgan fingerprint density at radius 1 is 1.11 bits per heavy atom. The molecule has 5 nitrogen and oxygen atoms in total. The Bertz CT molecular complexity index is 927.